The SMILES string of the molecule is C[C@@H]1CN(C)CCN1c1cc(C(=O)NCc2ccc(C#N)cc2)nc2cc(-c3ccnn3C)nn12. The number of nitrogens with one attached hydrogen (secondary N) is 1. The van der Waals surface area contributed by atoms with Crippen molar-refractivity contribution in [3.63, 3.8) is 0 Å². The van der Waals surface area contributed by atoms with Gasteiger partial charge in [0.15, 0.2) is 5.65 Å². The lowest BCUT2D eigenvalue weighted by Gasteiger charge is -2.39. The summed E-state index contributed by atoms with van der Waals surface area (Å²) < 4.78 is 3.59. The highest BCUT2D eigenvalue weighted by Crippen LogP contribution is 2.26. The largest absolute Gasteiger partial charge is 0.351 e. The Hall–Kier alpha value is -4.23. The first-order valence-corrected chi connectivity index (χ1v) is 11.5. The molecule has 0 saturated carbocycles. The van der Waals surface area contributed by atoms with Gasteiger partial charge in [0, 0.05) is 57.6 Å². The van der Waals surface area contributed by atoms with Crippen LogP contribution in [0, 0.1) is 11.3 Å². The Kier molecular flexibility index (Phi) is 5.93. The number of anilines is 1. The van der Waals surface area contributed by atoms with Crippen molar-refractivity contribution in [1.82, 2.24) is 34.6 Å². The molecule has 0 radical (unpaired) electrons. The van der Waals surface area contributed by atoms with Crippen LogP contribution < -0.4 is 10.2 Å². The number of hydrogen-bond donors (Lipinski definition) is 1. The molecule has 3 aromatic heterocycles. The summed E-state index contributed by atoms with van der Waals surface area (Å²) in [5.74, 6) is 0.579. The fraction of sp³-hybridized carbons (Fsp3) is 0.320. The number of nitriles is 1. The van der Waals surface area contributed by atoms with Crippen LogP contribution in [0.1, 0.15) is 28.5 Å². The average Bonchev–Trinajstić information content (AvgIpc) is 3.48. The van der Waals surface area contributed by atoms with Crippen molar-refractivity contribution >= 4 is 17.4 Å². The third-order valence-electron chi connectivity index (χ3n) is 6.39. The molecule has 35 heavy (non-hydrogen) atoms. The van der Waals surface area contributed by atoms with Crippen LogP contribution in [0.4, 0.5) is 5.82 Å². The average molecular weight is 470 g/mol. The van der Waals surface area contributed by atoms with Gasteiger partial charge in [-0.3, -0.25) is 9.48 Å². The normalized spacial score (nSPS) is 16.4. The number of aryl methyl sites for hydroxylation is 1. The molecule has 0 bridgehead atoms. The molecule has 4 heterocycles. The first-order chi connectivity index (χ1) is 16.9. The molecule has 1 atom stereocenters. The second-order valence-electron chi connectivity index (χ2n) is 8.94. The topological polar surface area (TPSA) is 107 Å². The molecule has 4 aromatic rings. The molecule has 1 aliphatic rings. The summed E-state index contributed by atoms with van der Waals surface area (Å²) in [6.07, 6.45) is 1.73. The van der Waals surface area contributed by atoms with Gasteiger partial charge >= 0.3 is 0 Å². The standard InChI is InChI=1S/C25H27N9O/c1-17-16-31(2)10-11-33(17)24-13-21(25(35)27-15-19-6-4-18(14-26)5-7-19)29-23-12-20(30-34(23)24)22-8-9-28-32(22)3/h4-9,12-13,17H,10-11,15-16H2,1-3H3,(H,27,35)/t17-/m1/s1. The molecule has 178 valence electrons. The lowest BCUT2D eigenvalue weighted by molar-refractivity contribution is 0.0946. The van der Waals surface area contributed by atoms with Crippen LogP contribution in [0.25, 0.3) is 17.0 Å². The van der Waals surface area contributed by atoms with E-state index in [2.05, 4.69) is 45.2 Å². The molecule has 0 unspecified atom stereocenters. The van der Waals surface area contributed by atoms with Gasteiger partial charge in [-0.05, 0) is 37.7 Å². The predicted molar refractivity (Wildman–Crippen MR) is 132 cm³/mol. The van der Waals surface area contributed by atoms with Gasteiger partial charge in [0.1, 0.15) is 17.2 Å². The highest BCUT2D eigenvalue weighted by molar-refractivity contribution is 5.93. The summed E-state index contributed by atoms with van der Waals surface area (Å²) in [5, 5.41) is 21.0. The van der Waals surface area contributed by atoms with Gasteiger partial charge in [-0.25, -0.2) is 4.98 Å². The van der Waals surface area contributed by atoms with Crippen LogP contribution in [0.5, 0.6) is 0 Å². The van der Waals surface area contributed by atoms with Gasteiger partial charge < -0.3 is 15.1 Å². The number of carbonyl (C=O) groups excluding carboxylic acids is 1. The molecule has 10 nitrogen and oxygen atoms in total. The van der Waals surface area contributed by atoms with Crippen molar-refractivity contribution < 1.29 is 4.79 Å². The predicted octanol–water partition coefficient (Wildman–Crippen LogP) is 2.07. The Morgan fingerprint density at radius 1 is 1.17 bits per heavy atom. The molecule has 1 aromatic carbocycles. The minimum atomic E-state index is -0.261. The van der Waals surface area contributed by atoms with Crippen molar-refractivity contribution in [2.45, 2.75) is 19.5 Å². The van der Waals surface area contributed by atoms with E-state index in [1.54, 1.807) is 23.0 Å². The lowest BCUT2D eigenvalue weighted by Crippen LogP contribution is -2.51. The number of piperazine rings is 1. The van der Waals surface area contributed by atoms with Crippen LogP contribution >= 0.6 is 0 Å². The number of carbonyl (C=O) groups is 1. The zero-order chi connectivity index (χ0) is 24.5. The van der Waals surface area contributed by atoms with Gasteiger partial charge in [0.25, 0.3) is 5.91 Å². The quantitative estimate of drug-likeness (QED) is 0.477. The molecule has 1 aliphatic heterocycles. The molecule has 0 aliphatic carbocycles. The Labute approximate surface area is 203 Å². The third-order valence-corrected chi connectivity index (χ3v) is 6.39. The molecular weight excluding hydrogens is 442 g/mol. The first-order valence-electron chi connectivity index (χ1n) is 11.5. The first kappa shape index (κ1) is 22.6. The second-order valence-corrected chi connectivity index (χ2v) is 8.94. The van der Waals surface area contributed by atoms with Crippen molar-refractivity contribution in [3.8, 4) is 17.5 Å². The maximum Gasteiger partial charge on any atom is 0.270 e. The zero-order valence-corrected chi connectivity index (χ0v) is 20.0. The number of nitrogens with zero attached hydrogens (tertiary/aromatic N) is 8. The maximum absolute atomic E-state index is 13.1. The van der Waals surface area contributed by atoms with E-state index < -0.39 is 0 Å². The summed E-state index contributed by atoms with van der Waals surface area (Å²) in [6.45, 7) is 5.18. The summed E-state index contributed by atoms with van der Waals surface area (Å²) in [4.78, 5) is 22.4. The smallest absolute Gasteiger partial charge is 0.270 e. The Bertz CT molecular complexity index is 1410. The number of likely N-dealkylation sites (N-methyl/N-ethyl adjacent to an activating group) is 1. The van der Waals surface area contributed by atoms with Crippen molar-refractivity contribution in [2.75, 3.05) is 31.6 Å². The molecule has 1 amide bonds. The van der Waals surface area contributed by atoms with Gasteiger partial charge in [0.2, 0.25) is 0 Å². The molecule has 1 N–H and O–H groups in total. The van der Waals surface area contributed by atoms with Gasteiger partial charge in [-0.15, -0.1) is 0 Å². The van der Waals surface area contributed by atoms with E-state index in [4.69, 9.17) is 10.4 Å². The van der Waals surface area contributed by atoms with Crippen LogP contribution in [-0.2, 0) is 13.6 Å². The van der Waals surface area contributed by atoms with Crippen molar-refractivity contribution in [2.24, 2.45) is 7.05 Å². The Morgan fingerprint density at radius 3 is 2.66 bits per heavy atom. The zero-order valence-electron chi connectivity index (χ0n) is 20.0. The number of aromatic nitrogens is 5. The van der Waals surface area contributed by atoms with E-state index in [9.17, 15) is 4.79 Å². The highest BCUT2D eigenvalue weighted by atomic mass is 16.1. The van der Waals surface area contributed by atoms with Crippen LogP contribution in [0.3, 0.4) is 0 Å². The highest BCUT2D eigenvalue weighted by Gasteiger charge is 2.26. The van der Waals surface area contributed by atoms with E-state index in [1.807, 2.05) is 41.9 Å². The second kappa shape index (κ2) is 9.19. The molecule has 5 rings (SSSR count). The van der Waals surface area contributed by atoms with Crippen molar-refractivity contribution in [3.05, 3.63) is 65.5 Å². The maximum atomic E-state index is 13.1. The number of rotatable bonds is 5. The van der Waals surface area contributed by atoms with E-state index in [-0.39, 0.29) is 11.9 Å². The van der Waals surface area contributed by atoms with Crippen LogP contribution in [0.15, 0.2) is 48.7 Å². The van der Waals surface area contributed by atoms with Gasteiger partial charge in [-0.2, -0.15) is 20.0 Å². The minimum absolute atomic E-state index is 0.248. The van der Waals surface area contributed by atoms with E-state index in [0.717, 1.165) is 42.4 Å². The summed E-state index contributed by atoms with van der Waals surface area (Å²) in [5.41, 5.74) is 4.06. The number of benzene rings is 1. The fourth-order valence-electron chi connectivity index (χ4n) is 4.48. The van der Waals surface area contributed by atoms with Crippen molar-refractivity contribution in [1.29, 1.82) is 5.26 Å². The fourth-order valence-corrected chi connectivity index (χ4v) is 4.48. The molecule has 1 fully saturated rings. The summed E-state index contributed by atoms with van der Waals surface area (Å²) >= 11 is 0. The Balaban J connectivity index is 1.50. The number of amides is 1. The summed E-state index contributed by atoms with van der Waals surface area (Å²) in [7, 11) is 3.99. The molecule has 1 saturated heterocycles. The molecule has 10 heteroatoms. The number of fused-ring (bicyclic) bond motifs is 1. The summed E-state index contributed by atoms with van der Waals surface area (Å²) in [6, 6.07) is 15.1. The van der Waals surface area contributed by atoms with Crippen LogP contribution in [0.2, 0.25) is 0 Å². The van der Waals surface area contributed by atoms with E-state index in [1.165, 1.54) is 0 Å². The lowest BCUT2D eigenvalue weighted by atomic mass is 10.1. The van der Waals surface area contributed by atoms with E-state index in [0.29, 0.717) is 23.4 Å². The molecular formula is C25H27N9O. The van der Waals surface area contributed by atoms with Gasteiger partial charge in [-0.1, -0.05) is 12.1 Å². The monoisotopic (exact) mass is 469 g/mol. The van der Waals surface area contributed by atoms with E-state index >= 15 is 0 Å². The minimum Gasteiger partial charge on any atom is -0.351 e. The number of hydrogen-bond acceptors (Lipinski definition) is 7. The van der Waals surface area contributed by atoms with Gasteiger partial charge in [0.05, 0.1) is 17.3 Å². The molecule has 0 spiro atoms. The Morgan fingerprint density at radius 2 is 1.97 bits per heavy atom. The van der Waals surface area contributed by atoms with Crippen LogP contribution in [-0.4, -0.2) is 67.9 Å². The third kappa shape index (κ3) is 4.46.